The minimum Gasteiger partial charge on any atom is -0.497 e. The Bertz CT molecular complexity index is 921. The predicted octanol–water partition coefficient (Wildman–Crippen LogP) is 4.39. The van der Waals surface area contributed by atoms with Crippen molar-refractivity contribution in [2.24, 2.45) is 0 Å². The van der Waals surface area contributed by atoms with Gasteiger partial charge in [0.05, 0.1) is 23.9 Å². The van der Waals surface area contributed by atoms with E-state index in [0.29, 0.717) is 16.3 Å². The number of nitrogens with zero attached hydrogens (tertiary/aromatic N) is 1. The van der Waals surface area contributed by atoms with Crippen LogP contribution in [0.5, 0.6) is 5.75 Å². The van der Waals surface area contributed by atoms with Crippen LogP contribution in [-0.2, 0) is 13.0 Å². The molecule has 1 heterocycles. The summed E-state index contributed by atoms with van der Waals surface area (Å²) in [6.07, 6.45) is 2.91. The first-order valence-electron chi connectivity index (χ1n) is 8.63. The molecule has 6 heteroatoms. The van der Waals surface area contributed by atoms with Gasteiger partial charge in [-0.15, -0.1) is 11.3 Å². The first-order valence-corrected chi connectivity index (χ1v) is 9.44. The van der Waals surface area contributed by atoms with Crippen LogP contribution < -0.4 is 10.1 Å². The lowest BCUT2D eigenvalue weighted by atomic mass is 10.0. The lowest BCUT2D eigenvalue weighted by molar-refractivity contribution is 0.102. The number of anilines is 1. The minimum atomic E-state index is -0.143. The van der Waals surface area contributed by atoms with E-state index in [1.165, 1.54) is 11.3 Å². The van der Waals surface area contributed by atoms with E-state index in [1.807, 2.05) is 36.4 Å². The number of aromatic nitrogens is 1. The Morgan fingerprint density at radius 2 is 2.12 bits per heavy atom. The summed E-state index contributed by atoms with van der Waals surface area (Å²) >= 11 is 1.45. The number of unbranched alkanes of at least 4 members (excludes halogenated alkanes) is 1. The van der Waals surface area contributed by atoms with Gasteiger partial charge in [-0.2, -0.15) is 0 Å². The number of amides is 1. The Balaban J connectivity index is 1.84. The molecule has 2 N–H and O–H groups in total. The van der Waals surface area contributed by atoms with Gasteiger partial charge in [-0.3, -0.25) is 4.79 Å². The number of aliphatic hydroxyl groups excluding tert-OH is 1. The molecule has 0 aliphatic rings. The molecule has 3 rings (SSSR count). The van der Waals surface area contributed by atoms with Crippen LogP contribution in [0.4, 0.5) is 5.69 Å². The molecule has 0 aliphatic carbocycles. The molecule has 0 saturated carbocycles. The normalized spacial score (nSPS) is 10.9. The van der Waals surface area contributed by atoms with Gasteiger partial charge in [0.15, 0.2) is 0 Å². The van der Waals surface area contributed by atoms with E-state index in [4.69, 9.17) is 4.74 Å². The van der Waals surface area contributed by atoms with Crippen molar-refractivity contribution in [3.05, 3.63) is 52.5 Å². The summed E-state index contributed by atoms with van der Waals surface area (Å²) in [4.78, 5) is 17.1. The quantitative estimate of drug-likeness (QED) is 0.647. The number of ether oxygens (including phenoxy) is 1. The highest BCUT2D eigenvalue weighted by Crippen LogP contribution is 2.26. The van der Waals surface area contributed by atoms with Crippen LogP contribution in [0.1, 0.15) is 40.7 Å². The molecule has 0 atom stereocenters. The lowest BCUT2D eigenvalue weighted by Crippen LogP contribution is -2.14. The number of hydrogen-bond acceptors (Lipinski definition) is 5. The van der Waals surface area contributed by atoms with Crippen LogP contribution in [0.2, 0.25) is 0 Å². The molecule has 0 radical (unpaired) electrons. The highest BCUT2D eigenvalue weighted by atomic mass is 32.1. The fourth-order valence-corrected chi connectivity index (χ4v) is 3.62. The van der Waals surface area contributed by atoms with E-state index in [9.17, 15) is 9.90 Å². The second kappa shape index (κ2) is 8.29. The van der Waals surface area contributed by atoms with Gasteiger partial charge >= 0.3 is 0 Å². The molecule has 136 valence electrons. The van der Waals surface area contributed by atoms with Crippen molar-refractivity contribution in [3.63, 3.8) is 0 Å². The van der Waals surface area contributed by atoms with Crippen LogP contribution in [0.3, 0.4) is 0 Å². The third-order valence-electron chi connectivity index (χ3n) is 4.18. The van der Waals surface area contributed by atoms with E-state index in [0.717, 1.165) is 40.8 Å². The number of methoxy groups -OCH3 is 1. The summed E-state index contributed by atoms with van der Waals surface area (Å²) < 4.78 is 6.28. The van der Waals surface area contributed by atoms with E-state index in [1.54, 1.807) is 7.11 Å². The largest absolute Gasteiger partial charge is 0.497 e. The van der Waals surface area contributed by atoms with Gasteiger partial charge in [0.1, 0.15) is 10.8 Å². The number of thiazole rings is 1. The molecule has 0 aliphatic heterocycles. The first kappa shape index (κ1) is 18.4. The zero-order chi connectivity index (χ0) is 18.5. The maximum absolute atomic E-state index is 12.8. The second-order valence-corrected chi connectivity index (χ2v) is 7.14. The summed E-state index contributed by atoms with van der Waals surface area (Å²) in [6, 6.07) is 11.1. The van der Waals surface area contributed by atoms with Crippen molar-refractivity contribution >= 4 is 33.1 Å². The van der Waals surface area contributed by atoms with Gasteiger partial charge in [-0.1, -0.05) is 13.3 Å². The SMILES string of the molecule is CCCCc1cc(OC)ccc1C(=O)Nc1ccc2sc(CO)nc2c1. The Labute approximate surface area is 156 Å². The number of rotatable bonds is 7. The fourth-order valence-electron chi connectivity index (χ4n) is 2.81. The number of aliphatic hydroxyl groups is 1. The Morgan fingerprint density at radius 3 is 2.85 bits per heavy atom. The van der Waals surface area contributed by atoms with E-state index in [-0.39, 0.29) is 12.5 Å². The van der Waals surface area contributed by atoms with Crippen molar-refractivity contribution in [1.82, 2.24) is 4.98 Å². The maximum Gasteiger partial charge on any atom is 0.255 e. The second-order valence-electron chi connectivity index (χ2n) is 6.03. The molecule has 1 aromatic heterocycles. The number of aryl methyl sites for hydroxylation is 1. The van der Waals surface area contributed by atoms with Gasteiger partial charge in [0.2, 0.25) is 0 Å². The third-order valence-corrected chi connectivity index (χ3v) is 5.20. The van der Waals surface area contributed by atoms with Crippen LogP contribution in [0, 0.1) is 0 Å². The van der Waals surface area contributed by atoms with E-state index in [2.05, 4.69) is 17.2 Å². The van der Waals surface area contributed by atoms with Gasteiger partial charge in [-0.25, -0.2) is 4.98 Å². The van der Waals surface area contributed by atoms with Crippen LogP contribution in [0.25, 0.3) is 10.2 Å². The molecule has 0 unspecified atom stereocenters. The first-order chi connectivity index (χ1) is 12.6. The Morgan fingerprint density at radius 1 is 1.27 bits per heavy atom. The van der Waals surface area contributed by atoms with Gasteiger partial charge in [0.25, 0.3) is 5.91 Å². The van der Waals surface area contributed by atoms with E-state index >= 15 is 0 Å². The van der Waals surface area contributed by atoms with Crippen molar-refractivity contribution in [1.29, 1.82) is 0 Å². The Kier molecular flexibility index (Phi) is 5.85. The standard InChI is InChI=1S/C20H22N2O3S/c1-3-4-5-13-10-15(25-2)7-8-16(13)20(24)21-14-6-9-18-17(11-14)22-19(12-23)26-18/h6-11,23H,3-5,12H2,1-2H3,(H,21,24). The average Bonchev–Trinajstić information content (AvgIpc) is 3.08. The molecular formula is C20H22N2O3S. The van der Waals surface area contributed by atoms with E-state index < -0.39 is 0 Å². The third kappa shape index (κ3) is 4.03. The Hall–Kier alpha value is -2.44. The molecule has 5 nitrogen and oxygen atoms in total. The summed E-state index contributed by atoms with van der Waals surface area (Å²) in [5, 5.41) is 12.8. The molecule has 1 amide bonds. The van der Waals surface area contributed by atoms with Crippen molar-refractivity contribution in [2.75, 3.05) is 12.4 Å². The average molecular weight is 370 g/mol. The summed E-state index contributed by atoms with van der Waals surface area (Å²) in [6.45, 7) is 2.05. The lowest BCUT2D eigenvalue weighted by Gasteiger charge is -2.12. The molecule has 0 bridgehead atoms. The maximum atomic E-state index is 12.8. The van der Waals surface area contributed by atoms with Crippen molar-refractivity contribution in [2.45, 2.75) is 32.8 Å². The smallest absolute Gasteiger partial charge is 0.255 e. The van der Waals surface area contributed by atoms with Crippen LogP contribution in [0.15, 0.2) is 36.4 Å². The highest BCUT2D eigenvalue weighted by Gasteiger charge is 2.13. The number of benzene rings is 2. The van der Waals surface area contributed by atoms with Crippen molar-refractivity contribution in [3.8, 4) is 5.75 Å². The summed E-state index contributed by atoms with van der Waals surface area (Å²) in [5.74, 6) is 0.615. The monoisotopic (exact) mass is 370 g/mol. The zero-order valence-corrected chi connectivity index (χ0v) is 15.7. The summed E-state index contributed by atoms with van der Waals surface area (Å²) in [7, 11) is 1.63. The number of carbonyl (C=O) groups is 1. The topological polar surface area (TPSA) is 71.5 Å². The predicted molar refractivity (Wildman–Crippen MR) is 105 cm³/mol. The molecule has 0 fully saturated rings. The highest BCUT2D eigenvalue weighted by molar-refractivity contribution is 7.18. The van der Waals surface area contributed by atoms with Gasteiger partial charge in [-0.05, 0) is 54.8 Å². The van der Waals surface area contributed by atoms with Crippen LogP contribution >= 0.6 is 11.3 Å². The van der Waals surface area contributed by atoms with Gasteiger partial charge in [0, 0.05) is 11.3 Å². The number of hydrogen-bond donors (Lipinski definition) is 2. The molecule has 0 saturated heterocycles. The molecular weight excluding hydrogens is 348 g/mol. The number of fused-ring (bicyclic) bond motifs is 1. The molecule has 2 aromatic carbocycles. The number of nitrogens with one attached hydrogen (secondary N) is 1. The number of carbonyl (C=O) groups excluding carboxylic acids is 1. The fraction of sp³-hybridized carbons (Fsp3) is 0.300. The minimum absolute atomic E-state index is 0.0757. The zero-order valence-electron chi connectivity index (χ0n) is 14.9. The summed E-state index contributed by atoms with van der Waals surface area (Å²) in [5.41, 5.74) is 3.11. The molecule has 26 heavy (non-hydrogen) atoms. The van der Waals surface area contributed by atoms with Crippen LogP contribution in [-0.4, -0.2) is 23.1 Å². The molecule has 3 aromatic rings. The van der Waals surface area contributed by atoms with Crippen molar-refractivity contribution < 1.29 is 14.6 Å². The van der Waals surface area contributed by atoms with Gasteiger partial charge < -0.3 is 15.2 Å². The molecule has 0 spiro atoms.